The Kier molecular flexibility index (Phi) is 5.02. The van der Waals surface area contributed by atoms with E-state index in [1.165, 1.54) is 17.8 Å². The molecule has 0 radical (unpaired) electrons. The predicted octanol–water partition coefficient (Wildman–Crippen LogP) is 1.84. The molecule has 124 valence electrons. The second-order valence-electron chi connectivity index (χ2n) is 5.95. The quantitative estimate of drug-likeness (QED) is 0.903. The molecule has 1 unspecified atom stereocenters. The summed E-state index contributed by atoms with van der Waals surface area (Å²) in [5, 5.41) is 7.79. The van der Waals surface area contributed by atoms with Crippen LogP contribution in [0.15, 0.2) is 12.7 Å². The van der Waals surface area contributed by atoms with Gasteiger partial charge in [0.1, 0.15) is 12.7 Å². The van der Waals surface area contributed by atoms with Crippen LogP contribution >= 0.6 is 11.3 Å². The van der Waals surface area contributed by atoms with Gasteiger partial charge >= 0.3 is 0 Å². The normalized spacial score (nSPS) is 19.0. The number of hydrogen-bond acceptors (Lipinski definition) is 6. The fourth-order valence-electron chi connectivity index (χ4n) is 2.89. The number of aryl methyl sites for hydroxylation is 2. The van der Waals surface area contributed by atoms with E-state index in [9.17, 15) is 4.79 Å². The number of rotatable bonds is 5. The summed E-state index contributed by atoms with van der Waals surface area (Å²) in [4.78, 5) is 24.1. The van der Waals surface area contributed by atoms with Crippen LogP contribution in [0.1, 0.15) is 29.8 Å². The van der Waals surface area contributed by atoms with Crippen LogP contribution in [0, 0.1) is 13.8 Å². The Balaban J connectivity index is 1.58. The molecule has 2 aromatic heterocycles. The van der Waals surface area contributed by atoms with Crippen LogP contribution in [-0.2, 0) is 11.3 Å². The molecule has 1 amide bonds. The Morgan fingerprint density at radius 2 is 2.30 bits per heavy atom. The van der Waals surface area contributed by atoms with Crippen molar-refractivity contribution in [1.29, 1.82) is 0 Å². The topological polar surface area (TPSA) is 75.9 Å². The second kappa shape index (κ2) is 7.18. The van der Waals surface area contributed by atoms with E-state index in [2.05, 4.69) is 25.3 Å². The van der Waals surface area contributed by atoms with Gasteiger partial charge in [-0.25, -0.2) is 9.97 Å². The van der Waals surface area contributed by atoms with Crippen molar-refractivity contribution in [2.75, 3.05) is 18.4 Å². The van der Waals surface area contributed by atoms with E-state index < -0.39 is 0 Å². The van der Waals surface area contributed by atoms with E-state index in [1.54, 1.807) is 12.7 Å². The summed E-state index contributed by atoms with van der Waals surface area (Å²) in [6.07, 6.45) is 6.70. The van der Waals surface area contributed by atoms with E-state index in [4.69, 9.17) is 0 Å². The largest absolute Gasteiger partial charge is 0.301 e. The summed E-state index contributed by atoms with van der Waals surface area (Å²) in [5.74, 6) is 0.00393. The highest BCUT2D eigenvalue weighted by atomic mass is 32.1. The van der Waals surface area contributed by atoms with Gasteiger partial charge in [0.2, 0.25) is 5.91 Å². The van der Waals surface area contributed by atoms with Crippen LogP contribution in [0.25, 0.3) is 0 Å². The lowest BCUT2D eigenvalue weighted by molar-refractivity contribution is -0.118. The molecule has 1 saturated heterocycles. The molecule has 0 aliphatic carbocycles. The number of nitrogens with one attached hydrogen (secondary N) is 1. The third kappa shape index (κ3) is 4.14. The van der Waals surface area contributed by atoms with Gasteiger partial charge in [0.25, 0.3) is 0 Å². The minimum Gasteiger partial charge on any atom is -0.301 e. The fraction of sp³-hybridized carbons (Fsp3) is 0.600. The second-order valence-corrected chi connectivity index (χ2v) is 7.15. The predicted molar refractivity (Wildman–Crippen MR) is 89.5 cm³/mol. The van der Waals surface area contributed by atoms with Crippen LogP contribution in [0.3, 0.4) is 0 Å². The zero-order valence-corrected chi connectivity index (χ0v) is 14.3. The van der Waals surface area contributed by atoms with E-state index in [0.29, 0.717) is 17.7 Å². The molecule has 1 aliphatic rings. The van der Waals surface area contributed by atoms with E-state index >= 15 is 0 Å². The van der Waals surface area contributed by atoms with Crippen LogP contribution in [0.5, 0.6) is 0 Å². The molecule has 3 rings (SSSR count). The van der Waals surface area contributed by atoms with Crippen molar-refractivity contribution in [2.24, 2.45) is 0 Å². The minimum atomic E-state index is 0.00393. The lowest BCUT2D eigenvalue weighted by Crippen LogP contribution is -2.46. The summed E-state index contributed by atoms with van der Waals surface area (Å²) < 4.78 is 1.84. The summed E-state index contributed by atoms with van der Waals surface area (Å²) in [5.41, 5.74) is 0.979. The molecule has 0 aromatic carbocycles. The number of amides is 1. The fourth-order valence-corrected chi connectivity index (χ4v) is 3.72. The van der Waals surface area contributed by atoms with Gasteiger partial charge in [0, 0.05) is 10.9 Å². The average molecular weight is 334 g/mol. The van der Waals surface area contributed by atoms with Crippen LogP contribution in [0.4, 0.5) is 5.13 Å². The number of thiazole rings is 1. The minimum absolute atomic E-state index is 0.00393. The smallest absolute Gasteiger partial charge is 0.240 e. The number of anilines is 1. The van der Waals surface area contributed by atoms with Crippen molar-refractivity contribution in [2.45, 2.75) is 45.7 Å². The SMILES string of the molecule is Cc1nc(NC(=O)CN2CCCCC2Cn2cncn2)sc1C. The Morgan fingerprint density at radius 1 is 1.43 bits per heavy atom. The molecule has 1 aliphatic heterocycles. The van der Waals surface area contributed by atoms with Gasteiger partial charge in [-0.15, -0.1) is 11.3 Å². The van der Waals surface area contributed by atoms with Crippen molar-refractivity contribution in [3.05, 3.63) is 23.2 Å². The zero-order chi connectivity index (χ0) is 16.2. The highest BCUT2D eigenvalue weighted by Gasteiger charge is 2.25. The van der Waals surface area contributed by atoms with Gasteiger partial charge < -0.3 is 5.32 Å². The average Bonchev–Trinajstić information content (AvgIpc) is 3.12. The number of carbonyl (C=O) groups is 1. The molecule has 0 bridgehead atoms. The monoisotopic (exact) mass is 334 g/mol. The molecule has 8 heteroatoms. The van der Waals surface area contributed by atoms with Gasteiger partial charge in [0.05, 0.1) is 18.8 Å². The maximum atomic E-state index is 12.3. The van der Waals surface area contributed by atoms with Gasteiger partial charge in [-0.3, -0.25) is 14.4 Å². The Bertz CT molecular complexity index is 633. The Labute approximate surface area is 139 Å². The maximum absolute atomic E-state index is 12.3. The molecule has 1 atom stereocenters. The van der Waals surface area contributed by atoms with Gasteiger partial charge in [-0.05, 0) is 33.2 Å². The number of piperidine rings is 1. The maximum Gasteiger partial charge on any atom is 0.240 e. The number of hydrogen-bond donors (Lipinski definition) is 1. The first kappa shape index (κ1) is 16.1. The van der Waals surface area contributed by atoms with Crippen molar-refractivity contribution < 1.29 is 4.79 Å². The van der Waals surface area contributed by atoms with E-state index in [-0.39, 0.29) is 5.91 Å². The number of nitrogens with zero attached hydrogens (tertiary/aromatic N) is 5. The van der Waals surface area contributed by atoms with Gasteiger partial charge in [0.15, 0.2) is 5.13 Å². The molecular weight excluding hydrogens is 312 g/mol. The zero-order valence-electron chi connectivity index (χ0n) is 13.5. The summed E-state index contributed by atoms with van der Waals surface area (Å²) in [6.45, 7) is 6.10. The number of carbonyl (C=O) groups excluding carboxylic acids is 1. The first-order valence-corrected chi connectivity index (χ1v) is 8.74. The molecule has 1 N–H and O–H groups in total. The first-order chi connectivity index (χ1) is 11.1. The standard InChI is InChI=1S/C15H22N6OS/c1-11-12(2)23-15(18-11)19-14(22)8-20-6-4-3-5-13(20)7-21-10-16-9-17-21/h9-10,13H,3-8H2,1-2H3,(H,18,19,22). The lowest BCUT2D eigenvalue weighted by atomic mass is 10.0. The molecule has 1 fully saturated rings. The van der Waals surface area contributed by atoms with E-state index in [0.717, 1.165) is 36.5 Å². The van der Waals surface area contributed by atoms with Gasteiger partial charge in [-0.2, -0.15) is 5.10 Å². The highest BCUT2D eigenvalue weighted by Crippen LogP contribution is 2.22. The molecule has 2 aromatic rings. The molecule has 0 spiro atoms. The van der Waals surface area contributed by atoms with Crippen molar-refractivity contribution in [1.82, 2.24) is 24.6 Å². The number of aromatic nitrogens is 4. The van der Waals surface area contributed by atoms with Crippen LogP contribution in [-0.4, -0.2) is 49.7 Å². The Morgan fingerprint density at radius 3 is 3.00 bits per heavy atom. The molecule has 23 heavy (non-hydrogen) atoms. The van der Waals surface area contributed by atoms with Crippen molar-refractivity contribution >= 4 is 22.4 Å². The van der Waals surface area contributed by atoms with Crippen LogP contribution in [0.2, 0.25) is 0 Å². The van der Waals surface area contributed by atoms with Crippen LogP contribution < -0.4 is 5.32 Å². The first-order valence-electron chi connectivity index (χ1n) is 7.92. The third-order valence-electron chi connectivity index (χ3n) is 4.24. The van der Waals surface area contributed by atoms with Crippen molar-refractivity contribution in [3.63, 3.8) is 0 Å². The summed E-state index contributed by atoms with van der Waals surface area (Å²) >= 11 is 1.53. The lowest BCUT2D eigenvalue weighted by Gasteiger charge is -2.34. The molecular formula is C15H22N6OS. The molecule has 7 nitrogen and oxygen atoms in total. The highest BCUT2D eigenvalue weighted by molar-refractivity contribution is 7.15. The van der Waals surface area contributed by atoms with Gasteiger partial charge in [-0.1, -0.05) is 6.42 Å². The molecule has 0 saturated carbocycles. The third-order valence-corrected chi connectivity index (χ3v) is 5.22. The van der Waals surface area contributed by atoms with Crippen molar-refractivity contribution in [3.8, 4) is 0 Å². The van der Waals surface area contributed by atoms with E-state index in [1.807, 2.05) is 18.5 Å². The molecule has 3 heterocycles. The summed E-state index contributed by atoms with van der Waals surface area (Å²) in [7, 11) is 0. The Hall–Kier alpha value is -1.80. The summed E-state index contributed by atoms with van der Waals surface area (Å²) in [6, 6.07) is 0.330. The number of likely N-dealkylation sites (tertiary alicyclic amines) is 1.